The minimum atomic E-state index is -4.00. The van der Waals surface area contributed by atoms with Crippen LogP contribution in [0.2, 0.25) is 0 Å². The van der Waals surface area contributed by atoms with Crippen LogP contribution in [-0.2, 0) is 10.1 Å². The first kappa shape index (κ1) is 15.1. The molecule has 0 bridgehead atoms. The maximum absolute atomic E-state index is 10.4. The van der Waals surface area contributed by atoms with Gasteiger partial charge in [-0.2, -0.15) is 8.42 Å². The van der Waals surface area contributed by atoms with Crippen molar-refractivity contribution in [2.45, 2.75) is 37.0 Å². The highest BCUT2D eigenvalue weighted by Gasteiger charge is 2.10. The highest BCUT2D eigenvalue weighted by Crippen LogP contribution is 2.22. The second-order valence-corrected chi connectivity index (χ2v) is 5.90. The third-order valence-corrected chi connectivity index (χ3v) is 3.89. The Morgan fingerprint density at radius 2 is 1.61 bits per heavy atom. The SMILES string of the molecule is O=S(=O)(O)c1ccccc1.OCC1CCCCC1. The van der Waals surface area contributed by atoms with E-state index in [0.29, 0.717) is 12.5 Å². The molecule has 0 aromatic heterocycles. The molecular weight excluding hydrogens is 252 g/mol. The molecule has 0 saturated heterocycles. The molecule has 1 aliphatic carbocycles. The van der Waals surface area contributed by atoms with Gasteiger partial charge >= 0.3 is 0 Å². The number of aliphatic hydroxyl groups is 1. The van der Waals surface area contributed by atoms with Crippen LogP contribution in [0.4, 0.5) is 0 Å². The molecular formula is C13H20O4S. The molecule has 0 unspecified atom stereocenters. The summed E-state index contributed by atoms with van der Waals surface area (Å²) < 4.78 is 29.2. The standard InChI is InChI=1S/C7H14O.C6H6O3S/c8-6-7-4-2-1-3-5-7;7-10(8,9)6-4-2-1-3-5-6/h7-8H,1-6H2;1-5H,(H,7,8,9). The van der Waals surface area contributed by atoms with Gasteiger partial charge in [-0.25, -0.2) is 0 Å². The molecule has 102 valence electrons. The Balaban J connectivity index is 0.000000184. The average Bonchev–Trinajstić information content (AvgIpc) is 2.40. The van der Waals surface area contributed by atoms with Crippen LogP contribution in [0.5, 0.6) is 0 Å². The minimum absolute atomic E-state index is 0.0741. The van der Waals surface area contributed by atoms with Crippen LogP contribution in [0.3, 0.4) is 0 Å². The number of rotatable bonds is 2. The first-order valence-electron chi connectivity index (χ1n) is 6.17. The van der Waals surface area contributed by atoms with Crippen molar-refractivity contribution in [2.24, 2.45) is 5.92 Å². The van der Waals surface area contributed by atoms with Crippen molar-refractivity contribution in [1.82, 2.24) is 0 Å². The van der Waals surface area contributed by atoms with Gasteiger partial charge in [-0.15, -0.1) is 0 Å². The second-order valence-electron chi connectivity index (χ2n) is 4.47. The summed E-state index contributed by atoms with van der Waals surface area (Å²) in [7, 11) is -4.00. The van der Waals surface area contributed by atoms with Crippen molar-refractivity contribution in [3.8, 4) is 0 Å². The van der Waals surface area contributed by atoms with Crippen LogP contribution in [0.1, 0.15) is 32.1 Å². The van der Waals surface area contributed by atoms with Gasteiger partial charge in [0.15, 0.2) is 0 Å². The van der Waals surface area contributed by atoms with Gasteiger partial charge in [0.25, 0.3) is 10.1 Å². The van der Waals surface area contributed by atoms with E-state index in [2.05, 4.69) is 0 Å². The van der Waals surface area contributed by atoms with Gasteiger partial charge in [-0.05, 0) is 30.9 Å². The van der Waals surface area contributed by atoms with Crippen molar-refractivity contribution in [2.75, 3.05) is 6.61 Å². The van der Waals surface area contributed by atoms with E-state index >= 15 is 0 Å². The molecule has 2 rings (SSSR count). The smallest absolute Gasteiger partial charge is 0.294 e. The summed E-state index contributed by atoms with van der Waals surface area (Å²) in [6.07, 6.45) is 6.58. The van der Waals surface area contributed by atoms with Crippen molar-refractivity contribution in [3.05, 3.63) is 30.3 Å². The fraction of sp³-hybridized carbons (Fsp3) is 0.538. The first-order valence-corrected chi connectivity index (χ1v) is 7.61. The number of hydrogen-bond donors (Lipinski definition) is 2. The Labute approximate surface area is 108 Å². The van der Waals surface area contributed by atoms with Gasteiger partial charge in [0, 0.05) is 6.61 Å². The van der Waals surface area contributed by atoms with Crippen LogP contribution < -0.4 is 0 Å². The van der Waals surface area contributed by atoms with Crippen molar-refractivity contribution >= 4 is 10.1 Å². The maximum Gasteiger partial charge on any atom is 0.294 e. The summed E-state index contributed by atoms with van der Waals surface area (Å²) in [6.45, 7) is 0.417. The lowest BCUT2D eigenvalue weighted by Crippen LogP contribution is -2.09. The summed E-state index contributed by atoms with van der Waals surface area (Å²) in [4.78, 5) is -0.0741. The average molecular weight is 272 g/mol. The van der Waals surface area contributed by atoms with Gasteiger partial charge in [0.1, 0.15) is 0 Å². The Morgan fingerprint density at radius 1 is 1.06 bits per heavy atom. The molecule has 1 aliphatic rings. The summed E-state index contributed by atoms with van der Waals surface area (Å²) in [6, 6.07) is 7.42. The predicted octanol–water partition coefficient (Wildman–Crippen LogP) is 2.49. The molecule has 2 N–H and O–H groups in total. The molecule has 1 fully saturated rings. The van der Waals surface area contributed by atoms with Gasteiger partial charge in [0.05, 0.1) is 4.90 Å². The second kappa shape index (κ2) is 7.51. The lowest BCUT2D eigenvalue weighted by Gasteiger charge is -2.18. The van der Waals surface area contributed by atoms with Crippen LogP contribution in [0.25, 0.3) is 0 Å². The van der Waals surface area contributed by atoms with E-state index in [1.807, 2.05) is 0 Å². The molecule has 1 aromatic carbocycles. The Bertz CT molecular complexity index is 422. The first-order chi connectivity index (χ1) is 8.54. The third kappa shape index (κ3) is 5.62. The third-order valence-electron chi connectivity index (χ3n) is 3.02. The fourth-order valence-electron chi connectivity index (χ4n) is 1.96. The Morgan fingerprint density at radius 3 is 1.94 bits per heavy atom. The number of hydrogen-bond acceptors (Lipinski definition) is 3. The Hall–Kier alpha value is -0.910. The maximum atomic E-state index is 10.4. The number of aliphatic hydroxyl groups excluding tert-OH is 1. The zero-order chi connectivity index (χ0) is 13.4. The zero-order valence-electron chi connectivity index (χ0n) is 10.3. The monoisotopic (exact) mass is 272 g/mol. The van der Waals surface area contributed by atoms with Crippen LogP contribution in [-0.4, -0.2) is 24.7 Å². The quantitative estimate of drug-likeness (QED) is 0.811. The molecule has 18 heavy (non-hydrogen) atoms. The lowest BCUT2D eigenvalue weighted by molar-refractivity contribution is 0.190. The largest absolute Gasteiger partial charge is 0.396 e. The summed E-state index contributed by atoms with van der Waals surface area (Å²) in [5.41, 5.74) is 0. The van der Waals surface area contributed by atoms with E-state index < -0.39 is 10.1 Å². The molecule has 0 atom stereocenters. The van der Waals surface area contributed by atoms with E-state index in [1.165, 1.54) is 44.2 Å². The van der Waals surface area contributed by atoms with Crippen LogP contribution in [0.15, 0.2) is 35.2 Å². The van der Waals surface area contributed by atoms with Gasteiger partial charge < -0.3 is 5.11 Å². The normalized spacial score (nSPS) is 16.8. The predicted molar refractivity (Wildman–Crippen MR) is 69.9 cm³/mol. The van der Waals surface area contributed by atoms with E-state index in [-0.39, 0.29) is 4.90 Å². The zero-order valence-corrected chi connectivity index (χ0v) is 11.1. The van der Waals surface area contributed by atoms with Crippen LogP contribution >= 0.6 is 0 Å². The molecule has 0 aliphatic heterocycles. The van der Waals surface area contributed by atoms with E-state index in [4.69, 9.17) is 9.66 Å². The summed E-state index contributed by atoms with van der Waals surface area (Å²) >= 11 is 0. The molecule has 0 amide bonds. The van der Waals surface area contributed by atoms with Crippen molar-refractivity contribution in [1.29, 1.82) is 0 Å². The molecule has 0 heterocycles. The van der Waals surface area contributed by atoms with Gasteiger partial charge in [-0.1, -0.05) is 37.5 Å². The van der Waals surface area contributed by atoms with E-state index in [1.54, 1.807) is 18.2 Å². The molecule has 4 nitrogen and oxygen atoms in total. The van der Waals surface area contributed by atoms with Crippen LogP contribution in [0, 0.1) is 5.92 Å². The van der Waals surface area contributed by atoms with E-state index in [9.17, 15) is 8.42 Å². The molecule has 1 aromatic rings. The Kier molecular flexibility index (Phi) is 6.32. The molecule has 0 radical (unpaired) electrons. The number of benzene rings is 1. The molecule has 1 saturated carbocycles. The van der Waals surface area contributed by atoms with Crippen molar-refractivity contribution < 1.29 is 18.1 Å². The van der Waals surface area contributed by atoms with Gasteiger partial charge in [0.2, 0.25) is 0 Å². The van der Waals surface area contributed by atoms with E-state index in [0.717, 1.165) is 0 Å². The van der Waals surface area contributed by atoms with Gasteiger partial charge in [-0.3, -0.25) is 4.55 Å². The topological polar surface area (TPSA) is 74.6 Å². The lowest BCUT2D eigenvalue weighted by atomic mass is 9.90. The minimum Gasteiger partial charge on any atom is -0.396 e. The fourth-order valence-corrected chi connectivity index (χ4v) is 2.46. The highest BCUT2D eigenvalue weighted by atomic mass is 32.2. The summed E-state index contributed by atoms with van der Waals surface area (Å²) in [5, 5.41) is 8.69. The molecule has 0 spiro atoms. The molecule has 5 heteroatoms. The van der Waals surface area contributed by atoms with Crippen molar-refractivity contribution in [3.63, 3.8) is 0 Å². The summed E-state index contributed by atoms with van der Waals surface area (Å²) in [5.74, 6) is 0.642. The highest BCUT2D eigenvalue weighted by molar-refractivity contribution is 7.85.